The fourth-order valence-electron chi connectivity index (χ4n) is 3.79. The van der Waals surface area contributed by atoms with Crippen molar-refractivity contribution < 1.29 is 13.9 Å². The van der Waals surface area contributed by atoms with Crippen LogP contribution in [0.4, 0.5) is 15.1 Å². The van der Waals surface area contributed by atoms with Gasteiger partial charge in [0.1, 0.15) is 12.0 Å². The number of nitrogens with one attached hydrogen (secondary N) is 1. The van der Waals surface area contributed by atoms with Gasteiger partial charge in [0.2, 0.25) is 5.95 Å². The molecule has 1 aromatic carbocycles. The van der Waals surface area contributed by atoms with E-state index in [1.54, 1.807) is 18.2 Å². The number of anilines is 1. The molecule has 11 heteroatoms. The molecular formula is C23H25ClFN7O2. The zero-order chi connectivity index (χ0) is 24.5. The molecule has 0 radical (unpaired) electrons. The number of alkyl halides is 1. The Labute approximate surface area is 201 Å². The predicted octanol–water partition coefficient (Wildman–Crippen LogP) is 3.84. The molecule has 0 bridgehead atoms. The molecule has 3 heterocycles. The third-order valence-corrected chi connectivity index (χ3v) is 5.52. The minimum Gasteiger partial charge on any atom is -0.441 e. The van der Waals surface area contributed by atoms with Crippen LogP contribution in [0.25, 0.3) is 11.0 Å². The Morgan fingerprint density at radius 2 is 2.09 bits per heavy atom. The molecular weight excluding hydrogens is 461 g/mol. The number of halogens is 2. The molecule has 1 amide bonds. The summed E-state index contributed by atoms with van der Waals surface area (Å²) in [5.41, 5.74) is 1.38. The van der Waals surface area contributed by atoms with Crippen LogP contribution >= 0.6 is 11.6 Å². The van der Waals surface area contributed by atoms with Crippen molar-refractivity contribution in [2.45, 2.75) is 51.6 Å². The highest BCUT2D eigenvalue weighted by molar-refractivity contribution is 6.30. The predicted molar refractivity (Wildman–Crippen MR) is 125 cm³/mol. The van der Waals surface area contributed by atoms with Gasteiger partial charge in [0.25, 0.3) is 0 Å². The minimum absolute atomic E-state index is 0.134. The number of rotatable bonds is 4. The highest BCUT2D eigenvalue weighted by Gasteiger charge is 2.35. The van der Waals surface area contributed by atoms with E-state index in [1.807, 2.05) is 30.2 Å². The van der Waals surface area contributed by atoms with Crippen molar-refractivity contribution in [3.05, 3.63) is 47.0 Å². The summed E-state index contributed by atoms with van der Waals surface area (Å²) in [6.07, 6.45) is 0.294. The van der Waals surface area contributed by atoms with Crippen LogP contribution < -0.4 is 10.2 Å². The Balaban J connectivity index is 1.66. The van der Waals surface area contributed by atoms with Crippen LogP contribution in [-0.4, -0.2) is 56.5 Å². The molecule has 0 saturated carbocycles. The second kappa shape index (κ2) is 9.43. The van der Waals surface area contributed by atoms with Gasteiger partial charge in [0, 0.05) is 24.5 Å². The van der Waals surface area contributed by atoms with E-state index < -0.39 is 23.9 Å². The molecule has 0 unspecified atom stereocenters. The third-order valence-electron chi connectivity index (χ3n) is 5.33. The van der Waals surface area contributed by atoms with E-state index in [0.29, 0.717) is 34.4 Å². The second-order valence-corrected chi connectivity index (χ2v) is 9.64. The number of imidazole rings is 1. The van der Waals surface area contributed by atoms with Crippen LogP contribution in [0.5, 0.6) is 0 Å². The minimum atomic E-state index is -1.29. The number of carbonyl (C=O) groups excluding carboxylic acids is 1. The number of fused-ring (bicyclic) bond motifs is 1. The maximum absolute atomic E-state index is 14.7. The number of hydrogen-bond acceptors (Lipinski definition) is 7. The number of carbonyl (C=O) groups is 1. The SMILES string of the molecule is CC(C)(C)NC(=O)O[C@@H]1CN(c2nc3ccc(C#N)cc3n2Cc2ncc(Cl)cn2)CC[C@H]1F. The first-order chi connectivity index (χ1) is 16.1. The summed E-state index contributed by atoms with van der Waals surface area (Å²) in [5.74, 6) is 1.06. The monoisotopic (exact) mass is 485 g/mol. The molecule has 0 aliphatic carbocycles. The molecule has 4 rings (SSSR count). The molecule has 2 aromatic heterocycles. The van der Waals surface area contributed by atoms with Gasteiger partial charge >= 0.3 is 6.09 Å². The largest absolute Gasteiger partial charge is 0.441 e. The molecule has 0 spiro atoms. The zero-order valence-corrected chi connectivity index (χ0v) is 19.9. The Morgan fingerprint density at radius 3 is 2.76 bits per heavy atom. The quantitative estimate of drug-likeness (QED) is 0.597. The van der Waals surface area contributed by atoms with E-state index in [4.69, 9.17) is 21.3 Å². The number of alkyl carbamates (subject to hydrolysis) is 1. The highest BCUT2D eigenvalue weighted by Crippen LogP contribution is 2.28. The van der Waals surface area contributed by atoms with Gasteiger partial charge in [-0.1, -0.05) is 11.6 Å². The molecule has 178 valence electrons. The van der Waals surface area contributed by atoms with Gasteiger partial charge in [-0.05, 0) is 45.4 Å². The number of amides is 1. The van der Waals surface area contributed by atoms with Crippen LogP contribution in [0, 0.1) is 11.3 Å². The number of hydrogen-bond donors (Lipinski definition) is 1. The maximum atomic E-state index is 14.7. The summed E-state index contributed by atoms with van der Waals surface area (Å²) >= 11 is 5.92. The first kappa shape index (κ1) is 23.7. The van der Waals surface area contributed by atoms with Crippen LogP contribution in [0.1, 0.15) is 38.6 Å². The number of benzene rings is 1. The lowest BCUT2D eigenvalue weighted by molar-refractivity contribution is 0.0319. The van der Waals surface area contributed by atoms with Gasteiger partial charge < -0.3 is 19.5 Å². The summed E-state index contributed by atoms with van der Waals surface area (Å²) < 4.78 is 22.0. The smallest absolute Gasteiger partial charge is 0.407 e. The number of aromatic nitrogens is 4. The third kappa shape index (κ3) is 5.37. The number of piperidine rings is 1. The molecule has 1 aliphatic heterocycles. The van der Waals surface area contributed by atoms with Gasteiger partial charge in [0.05, 0.1) is 40.8 Å². The standard InChI is InChI=1S/C23H25ClFN7O2/c1-23(2,3)30-22(33)34-19-12-31(7-6-16(19)25)21-29-17-5-4-14(9-26)8-18(17)32(21)13-20-27-10-15(24)11-28-20/h4-5,8,10-11,16,19H,6-7,12-13H2,1-3H3,(H,30,33)/t16-,19-/m1/s1. The Bertz CT molecular complexity index is 1230. The lowest BCUT2D eigenvalue weighted by Gasteiger charge is -2.35. The van der Waals surface area contributed by atoms with Crippen molar-refractivity contribution in [2.24, 2.45) is 0 Å². The van der Waals surface area contributed by atoms with Gasteiger partial charge in [0.15, 0.2) is 6.10 Å². The van der Waals surface area contributed by atoms with Gasteiger partial charge in [-0.3, -0.25) is 0 Å². The molecule has 34 heavy (non-hydrogen) atoms. The van der Waals surface area contributed by atoms with Crippen LogP contribution in [0.2, 0.25) is 5.02 Å². The van der Waals surface area contributed by atoms with Gasteiger partial charge in [-0.25, -0.2) is 24.1 Å². The highest BCUT2D eigenvalue weighted by atomic mass is 35.5. The summed E-state index contributed by atoms with van der Waals surface area (Å²) in [5, 5.41) is 12.5. The van der Waals surface area contributed by atoms with E-state index in [2.05, 4.69) is 21.4 Å². The van der Waals surface area contributed by atoms with Crippen molar-refractivity contribution in [3.63, 3.8) is 0 Å². The average molecular weight is 486 g/mol. The average Bonchev–Trinajstić information content (AvgIpc) is 3.13. The lowest BCUT2D eigenvalue weighted by atomic mass is 10.1. The fourth-order valence-corrected chi connectivity index (χ4v) is 3.89. The molecule has 1 fully saturated rings. The normalized spacial score (nSPS) is 18.5. The van der Waals surface area contributed by atoms with Gasteiger partial charge in [-0.15, -0.1) is 0 Å². The summed E-state index contributed by atoms with van der Waals surface area (Å²) in [4.78, 5) is 27.4. The van der Waals surface area contributed by atoms with Gasteiger partial charge in [-0.2, -0.15) is 5.26 Å². The summed E-state index contributed by atoms with van der Waals surface area (Å²) in [6.45, 7) is 6.26. The summed E-state index contributed by atoms with van der Waals surface area (Å²) in [6, 6.07) is 7.35. The number of ether oxygens (including phenoxy) is 1. The number of nitriles is 1. The maximum Gasteiger partial charge on any atom is 0.407 e. The van der Waals surface area contributed by atoms with E-state index in [9.17, 15) is 14.4 Å². The van der Waals surface area contributed by atoms with Crippen molar-refractivity contribution >= 4 is 34.7 Å². The van der Waals surface area contributed by atoms with Crippen molar-refractivity contribution in [1.29, 1.82) is 5.26 Å². The second-order valence-electron chi connectivity index (χ2n) is 9.20. The number of nitrogens with zero attached hydrogens (tertiary/aromatic N) is 6. The molecule has 1 saturated heterocycles. The molecule has 1 aliphatic rings. The van der Waals surface area contributed by atoms with E-state index in [-0.39, 0.29) is 19.5 Å². The van der Waals surface area contributed by atoms with E-state index in [0.717, 1.165) is 5.52 Å². The van der Waals surface area contributed by atoms with E-state index >= 15 is 0 Å². The van der Waals surface area contributed by atoms with Crippen molar-refractivity contribution in [2.75, 3.05) is 18.0 Å². The summed E-state index contributed by atoms with van der Waals surface area (Å²) in [7, 11) is 0. The molecule has 2 atom stereocenters. The zero-order valence-electron chi connectivity index (χ0n) is 19.1. The van der Waals surface area contributed by atoms with Crippen molar-refractivity contribution in [1.82, 2.24) is 24.8 Å². The Kier molecular flexibility index (Phi) is 6.57. The fraction of sp³-hybridized carbons (Fsp3) is 0.435. The van der Waals surface area contributed by atoms with Crippen LogP contribution in [0.3, 0.4) is 0 Å². The molecule has 3 aromatic rings. The van der Waals surface area contributed by atoms with E-state index in [1.165, 1.54) is 12.4 Å². The Morgan fingerprint density at radius 1 is 1.35 bits per heavy atom. The van der Waals surface area contributed by atoms with Crippen LogP contribution in [-0.2, 0) is 11.3 Å². The van der Waals surface area contributed by atoms with Crippen molar-refractivity contribution in [3.8, 4) is 6.07 Å². The van der Waals surface area contributed by atoms with Crippen LogP contribution in [0.15, 0.2) is 30.6 Å². The molecule has 9 nitrogen and oxygen atoms in total. The first-order valence-corrected chi connectivity index (χ1v) is 11.3. The topological polar surface area (TPSA) is 109 Å². The lowest BCUT2D eigenvalue weighted by Crippen LogP contribution is -2.51. The first-order valence-electron chi connectivity index (χ1n) is 10.9. The molecule has 1 N–H and O–H groups in total. The Hall–Kier alpha value is -3.45.